The average Bonchev–Trinajstić information content (AvgIpc) is 3.36. The molecular formula is C20H20N2O4S2. The number of nitrogens with zero attached hydrogens (tertiary/aromatic N) is 2. The van der Waals surface area contributed by atoms with Crippen molar-refractivity contribution in [3.8, 4) is 5.75 Å². The summed E-state index contributed by atoms with van der Waals surface area (Å²) in [5.41, 5.74) is 1.18. The first-order valence-corrected chi connectivity index (χ1v) is 10.3. The van der Waals surface area contributed by atoms with E-state index in [1.54, 1.807) is 54.0 Å². The lowest BCUT2D eigenvalue weighted by molar-refractivity contribution is -0.133. The molecule has 0 aliphatic heterocycles. The molecular weight excluding hydrogens is 396 g/mol. The van der Waals surface area contributed by atoms with E-state index in [-0.39, 0.29) is 12.5 Å². The van der Waals surface area contributed by atoms with Crippen molar-refractivity contribution in [3.05, 3.63) is 68.3 Å². The topological polar surface area (TPSA) is 68.7 Å². The molecule has 0 N–H and O–H groups in total. The Hall–Kier alpha value is -2.71. The number of ether oxygens (including phenoxy) is 2. The Balaban J connectivity index is 1.50. The lowest BCUT2D eigenvalue weighted by Crippen LogP contribution is -2.30. The van der Waals surface area contributed by atoms with E-state index in [1.807, 2.05) is 29.8 Å². The van der Waals surface area contributed by atoms with Crippen LogP contribution < -0.4 is 4.74 Å². The van der Waals surface area contributed by atoms with Gasteiger partial charge in [-0.1, -0.05) is 12.1 Å². The van der Waals surface area contributed by atoms with Crippen LogP contribution in [0.3, 0.4) is 0 Å². The number of thiazole rings is 1. The van der Waals surface area contributed by atoms with Crippen molar-refractivity contribution < 1.29 is 19.1 Å². The maximum absolute atomic E-state index is 12.3. The van der Waals surface area contributed by atoms with Gasteiger partial charge in [0, 0.05) is 17.3 Å². The van der Waals surface area contributed by atoms with Crippen molar-refractivity contribution in [2.24, 2.45) is 0 Å². The highest BCUT2D eigenvalue weighted by Gasteiger charge is 2.15. The van der Waals surface area contributed by atoms with Crippen LogP contribution in [-0.4, -0.2) is 35.4 Å². The smallest absolute Gasteiger partial charge is 0.338 e. The van der Waals surface area contributed by atoms with Crippen LogP contribution in [0.15, 0.2) is 47.2 Å². The number of hydrogen-bond acceptors (Lipinski definition) is 7. The average molecular weight is 417 g/mol. The molecule has 1 amide bonds. The Bertz CT molecular complexity index is 937. The quantitative estimate of drug-likeness (QED) is 0.521. The molecule has 0 fully saturated rings. The molecule has 0 atom stereocenters. The Morgan fingerprint density at radius 2 is 2.04 bits per heavy atom. The zero-order valence-electron chi connectivity index (χ0n) is 15.6. The van der Waals surface area contributed by atoms with Crippen LogP contribution in [0.25, 0.3) is 0 Å². The molecule has 2 heterocycles. The number of benzene rings is 1. The molecule has 0 aliphatic carbocycles. The number of likely N-dealkylation sites (N-methyl/N-ethyl adjacent to an activating group) is 1. The van der Waals surface area contributed by atoms with Gasteiger partial charge in [-0.25, -0.2) is 9.78 Å². The van der Waals surface area contributed by atoms with E-state index in [9.17, 15) is 9.59 Å². The van der Waals surface area contributed by atoms with Gasteiger partial charge in [-0.2, -0.15) is 0 Å². The first-order chi connectivity index (χ1) is 13.5. The molecule has 0 spiro atoms. The third-order valence-corrected chi connectivity index (χ3v) is 5.53. The summed E-state index contributed by atoms with van der Waals surface area (Å²) in [6.07, 6.45) is 0. The van der Waals surface area contributed by atoms with Gasteiger partial charge in [-0.05, 0) is 36.6 Å². The number of carbonyl (C=O) groups is 2. The molecule has 0 saturated heterocycles. The molecule has 0 radical (unpaired) electrons. The Morgan fingerprint density at radius 1 is 1.18 bits per heavy atom. The molecule has 0 bridgehead atoms. The van der Waals surface area contributed by atoms with Crippen LogP contribution in [-0.2, 0) is 22.7 Å². The largest absolute Gasteiger partial charge is 0.487 e. The minimum atomic E-state index is -0.562. The number of hydrogen-bond donors (Lipinski definition) is 0. The van der Waals surface area contributed by atoms with Crippen molar-refractivity contribution >= 4 is 34.6 Å². The predicted octanol–water partition coefficient (Wildman–Crippen LogP) is 3.91. The van der Waals surface area contributed by atoms with Gasteiger partial charge in [0.05, 0.1) is 22.8 Å². The summed E-state index contributed by atoms with van der Waals surface area (Å²) >= 11 is 3.14. The van der Waals surface area contributed by atoms with Gasteiger partial charge in [0.2, 0.25) is 0 Å². The highest BCUT2D eigenvalue weighted by molar-refractivity contribution is 7.10. The number of rotatable bonds is 8. The third-order valence-electron chi connectivity index (χ3n) is 3.85. The van der Waals surface area contributed by atoms with Crippen LogP contribution in [0, 0.1) is 6.92 Å². The maximum atomic E-state index is 12.3. The van der Waals surface area contributed by atoms with E-state index < -0.39 is 5.97 Å². The first-order valence-electron chi connectivity index (χ1n) is 8.58. The molecule has 146 valence electrons. The number of aromatic nitrogens is 1. The second-order valence-corrected chi connectivity index (χ2v) is 8.17. The number of thiophene rings is 1. The third kappa shape index (κ3) is 5.64. The summed E-state index contributed by atoms with van der Waals surface area (Å²) < 4.78 is 10.8. The molecule has 28 heavy (non-hydrogen) atoms. The molecule has 6 nitrogen and oxygen atoms in total. The highest BCUT2D eigenvalue weighted by Crippen LogP contribution is 2.17. The van der Waals surface area contributed by atoms with E-state index in [0.29, 0.717) is 24.5 Å². The lowest BCUT2D eigenvalue weighted by Gasteiger charge is -2.16. The number of amides is 1. The predicted molar refractivity (Wildman–Crippen MR) is 109 cm³/mol. The van der Waals surface area contributed by atoms with Gasteiger partial charge in [-0.15, -0.1) is 22.7 Å². The van der Waals surface area contributed by atoms with Gasteiger partial charge in [0.1, 0.15) is 12.4 Å². The van der Waals surface area contributed by atoms with Gasteiger partial charge < -0.3 is 14.4 Å². The summed E-state index contributed by atoms with van der Waals surface area (Å²) in [6, 6.07) is 10.6. The summed E-state index contributed by atoms with van der Waals surface area (Å²) in [5, 5.41) is 4.87. The van der Waals surface area contributed by atoms with E-state index in [1.165, 1.54) is 4.90 Å². The van der Waals surface area contributed by atoms with E-state index in [2.05, 4.69) is 4.98 Å². The standard InChI is InChI=1S/C20H20N2O4S2/c1-14-21-16(13-28-14)11-25-17-6-3-5-15(9-17)20(24)26-12-19(23)22(2)10-18-7-4-8-27-18/h3-9,13H,10-12H2,1-2H3. The molecule has 1 aromatic carbocycles. The fourth-order valence-electron chi connectivity index (χ4n) is 2.39. The van der Waals surface area contributed by atoms with Crippen LogP contribution in [0.4, 0.5) is 0 Å². The highest BCUT2D eigenvalue weighted by atomic mass is 32.1. The number of aryl methyl sites for hydroxylation is 1. The van der Waals surface area contributed by atoms with Gasteiger partial charge >= 0.3 is 5.97 Å². The molecule has 2 aromatic heterocycles. The Kier molecular flexibility index (Phi) is 6.78. The Morgan fingerprint density at radius 3 is 2.75 bits per heavy atom. The van der Waals surface area contributed by atoms with Crippen LogP contribution in [0.1, 0.15) is 25.9 Å². The second kappa shape index (κ2) is 9.48. The molecule has 0 unspecified atom stereocenters. The van der Waals surface area contributed by atoms with E-state index >= 15 is 0 Å². The molecule has 3 aromatic rings. The summed E-state index contributed by atoms with van der Waals surface area (Å²) in [6.45, 7) is 2.45. The van der Waals surface area contributed by atoms with Crippen molar-refractivity contribution in [1.82, 2.24) is 9.88 Å². The second-order valence-electron chi connectivity index (χ2n) is 6.08. The minimum Gasteiger partial charge on any atom is -0.487 e. The van der Waals surface area contributed by atoms with Gasteiger partial charge in [-0.3, -0.25) is 4.79 Å². The SMILES string of the molecule is Cc1nc(COc2cccc(C(=O)OCC(=O)N(C)Cc3cccs3)c2)cs1. The van der Waals surface area contributed by atoms with E-state index in [0.717, 1.165) is 15.6 Å². The molecule has 0 aliphatic rings. The fourth-order valence-corrected chi connectivity index (χ4v) is 3.74. The summed E-state index contributed by atoms with van der Waals surface area (Å²) in [7, 11) is 1.69. The fraction of sp³-hybridized carbons (Fsp3) is 0.250. The van der Waals surface area contributed by atoms with Crippen molar-refractivity contribution in [3.63, 3.8) is 0 Å². The summed E-state index contributed by atoms with van der Waals surface area (Å²) in [5.74, 6) is -0.276. The number of esters is 1. The number of carbonyl (C=O) groups excluding carboxylic acids is 2. The van der Waals surface area contributed by atoms with Crippen molar-refractivity contribution in [2.75, 3.05) is 13.7 Å². The maximum Gasteiger partial charge on any atom is 0.338 e. The normalized spacial score (nSPS) is 10.5. The van der Waals surface area contributed by atoms with E-state index in [4.69, 9.17) is 9.47 Å². The monoisotopic (exact) mass is 416 g/mol. The zero-order chi connectivity index (χ0) is 19.9. The van der Waals surface area contributed by atoms with Gasteiger partial charge in [0.25, 0.3) is 5.91 Å². The lowest BCUT2D eigenvalue weighted by atomic mass is 10.2. The minimum absolute atomic E-state index is 0.256. The zero-order valence-corrected chi connectivity index (χ0v) is 17.2. The van der Waals surface area contributed by atoms with Gasteiger partial charge in [0.15, 0.2) is 6.61 Å². The molecule has 3 rings (SSSR count). The van der Waals surface area contributed by atoms with Crippen LogP contribution in [0.5, 0.6) is 5.75 Å². The van der Waals surface area contributed by atoms with Crippen molar-refractivity contribution in [1.29, 1.82) is 0 Å². The molecule has 0 saturated carbocycles. The summed E-state index contributed by atoms with van der Waals surface area (Å²) in [4.78, 5) is 31.4. The Labute approximate surface area is 171 Å². The van der Waals surface area contributed by atoms with Crippen molar-refractivity contribution in [2.45, 2.75) is 20.1 Å². The first kappa shape index (κ1) is 20.0. The van der Waals surface area contributed by atoms with Crippen LogP contribution in [0.2, 0.25) is 0 Å². The van der Waals surface area contributed by atoms with Crippen LogP contribution >= 0.6 is 22.7 Å². The molecule has 8 heteroatoms.